The predicted octanol–water partition coefficient (Wildman–Crippen LogP) is 6.13. The maximum absolute atomic E-state index is 12.6. The molecule has 0 bridgehead atoms. The molecular weight excluding hydrogens is 374 g/mol. The second-order valence-corrected chi connectivity index (χ2v) is 7.15. The van der Waals surface area contributed by atoms with Crippen LogP contribution in [0.5, 0.6) is 11.5 Å². The Balaban J connectivity index is 1.50. The van der Waals surface area contributed by atoms with Crippen LogP contribution in [0.3, 0.4) is 0 Å². The second kappa shape index (κ2) is 11.7. The average molecular weight is 404 g/mol. The van der Waals surface area contributed by atoms with Crippen LogP contribution < -0.4 is 14.8 Å². The number of carbonyl (C=O) groups excluding carboxylic acids is 1. The first-order chi connectivity index (χ1) is 14.7. The molecule has 4 nitrogen and oxygen atoms in total. The molecule has 3 rings (SSSR count). The highest BCUT2D eigenvalue weighted by Gasteiger charge is 2.08. The third-order valence-electron chi connectivity index (χ3n) is 4.68. The van der Waals surface area contributed by atoms with Crippen LogP contribution in [0.25, 0.3) is 0 Å². The van der Waals surface area contributed by atoms with Crippen LogP contribution in [-0.4, -0.2) is 19.1 Å². The first-order valence-electron chi connectivity index (χ1n) is 10.6. The molecular formula is C26H29NO3. The Kier molecular flexibility index (Phi) is 8.34. The van der Waals surface area contributed by atoms with Crippen LogP contribution in [0.4, 0.5) is 5.69 Å². The molecule has 0 saturated carbocycles. The summed E-state index contributed by atoms with van der Waals surface area (Å²) in [5.41, 5.74) is 2.58. The van der Waals surface area contributed by atoms with Crippen molar-refractivity contribution < 1.29 is 14.3 Å². The lowest BCUT2D eigenvalue weighted by Crippen LogP contribution is -2.12. The molecule has 0 aromatic heterocycles. The molecule has 3 aromatic rings. The minimum atomic E-state index is -0.169. The van der Waals surface area contributed by atoms with E-state index < -0.39 is 0 Å². The molecule has 0 spiro atoms. The van der Waals surface area contributed by atoms with Crippen LogP contribution in [-0.2, 0) is 6.42 Å². The molecule has 156 valence electrons. The molecule has 3 aromatic carbocycles. The molecule has 0 aliphatic carbocycles. The van der Waals surface area contributed by atoms with E-state index in [4.69, 9.17) is 9.47 Å². The summed E-state index contributed by atoms with van der Waals surface area (Å²) >= 11 is 0. The Morgan fingerprint density at radius 1 is 0.800 bits per heavy atom. The molecule has 0 radical (unpaired) electrons. The quantitative estimate of drug-likeness (QED) is 0.392. The average Bonchev–Trinajstić information content (AvgIpc) is 2.78. The third-order valence-corrected chi connectivity index (χ3v) is 4.68. The van der Waals surface area contributed by atoms with Crippen molar-refractivity contribution in [2.45, 2.75) is 32.6 Å². The van der Waals surface area contributed by atoms with Gasteiger partial charge in [-0.05, 0) is 55.2 Å². The molecule has 0 aliphatic rings. The number of amides is 1. The minimum Gasteiger partial charge on any atom is -0.494 e. The maximum atomic E-state index is 12.6. The van der Waals surface area contributed by atoms with Gasteiger partial charge in [0, 0.05) is 17.3 Å². The lowest BCUT2D eigenvalue weighted by atomic mass is 10.1. The Labute approximate surface area is 178 Å². The summed E-state index contributed by atoms with van der Waals surface area (Å²) in [7, 11) is 0. The Bertz CT molecular complexity index is 924. The van der Waals surface area contributed by atoms with Gasteiger partial charge in [-0.3, -0.25) is 4.79 Å². The lowest BCUT2D eigenvalue weighted by Gasteiger charge is -2.10. The standard InChI is InChI=1S/C26H29NO3/c1-2-3-17-29-24-15-7-13-22(19-24)26(28)27-23-14-8-16-25(20-23)30-18-9-12-21-10-5-4-6-11-21/h4-8,10-11,13-16,19-20H,2-3,9,12,17-18H2,1H3,(H,27,28). The Morgan fingerprint density at radius 2 is 1.50 bits per heavy atom. The van der Waals surface area contributed by atoms with Crippen molar-refractivity contribution in [1.29, 1.82) is 0 Å². The summed E-state index contributed by atoms with van der Waals surface area (Å²) in [6.07, 6.45) is 3.98. The van der Waals surface area contributed by atoms with Crippen molar-refractivity contribution in [3.8, 4) is 11.5 Å². The van der Waals surface area contributed by atoms with E-state index in [0.717, 1.165) is 31.4 Å². The van der Waals surface area contributed by atoms with Crippen molar-refractivity contribution in [3.05, 3.63) is 90.0 Å². The molecule has 0 aliphatic heterocycles. The number of ether oxygens (including phenoxy) is 2. The van der Waals surface area contributed by atoms with Crippen molar-refractivity contribution in [2.24, 2.45) is 0 Å². The zero-order valence-corrected chi connectivity index (χ0v) is 17.5. The Morgan fingerprint density at radius 3 is 2.27 bits per heavy atom. The first-order valence-corrected chi connectivity index (χ1v) is 10.6. The number of aryl methyl sites for hydroxylation is 1. The zero-order chi connectivity index (χ0) is 21.0. The number of hydrogen-bond donors (Lipinski definition) is 1. The monoisotopic (exact) mass is 403 g/mol. The van der Waals surface area contributed by atoms with Crippen LogP contribution in [0.15, 0.2) is 78.9 Å². The highest BCUT2D eigenvalue weighted by atomic mass is 16.5. The van der Waals surface area contributed by atoms with Gasteiger partial charge in [0.05, 0.1) is 13.2 Å². The second-order valence-electron chi connectivity index (χ2n) is 7.15. The van der Waals surface area contributed by atoms with Crippen molar-refractivity contribution in [2.75, 3.05) is 18.5 Å². The van der Waals surface area contributed by atoms with Crippen LogP contribution in [0.2, 0.25) is 0 Å². The van der Waals surface area contributed by atoms with Crippen LogP contribution >= 0.6 is 0 Å². The number of nitrogens with one attached hydrogen (secondary N) is 1. The number of hydrogen-bond acceptors (Lipinski definition) is 3. The van der Waals surface area contributed by atoms with Gasteiger partial charge in [-0.15, -0.1) is 0 Å². The summed E-state index contributed by atoms with van der Waals surface area (Å²) in [6, 6.07) is 25.1. The van der Waals surface area contributed by atoms with Gasteiger partial charge >= 0.3 is 0 Å². The van der Waals surface area contributed by atoms with Gasteiger partial charge in [0.2, 0.25) is 0 Å². The van der Waals surface area contributed by atoms with E-state index in [-0.39, 0.29) is 5.91 Å². The molecule has 30 heavy (non-hydrogen) atoms. The predicted molar refractivity (Wildman–Crippen MR) is 121 cm³/mol. The molecule has 0 heterocycles. The van der Waals surface area contributed by atoms with Gasteiger partial charge in [-0.25, -0.2) is 0 Å². The number of unbranched alkanes of at least 4 members (excludes halogenated alkanes) is 1. The van der Waals surface area contributed by atoms with Crippen LogP contribution in [0, 0.1) is 0 Å². The molecule has 4 heteroatoms. The summed E-state index contributed by atoms with van der Waals surface area (Å²) in [6.45, 7) is 3.41. The van der Waals surface area contributed by atoms with Crippen molar-refractivity contribution in [1.82, 2.24) is 0 Å². The van der Waals surface area contributed by atoms with Crippen molar-refractivity contribution in [3.63, 3.8) is 0 Å². The largest absolute Gasteiger partial charge is 0.494 e. The third kappa shape index (κ3) is 6.96. The van der Waals surface area contributed by atoms with Gasteiger partial charge in [0.25, 0.3) is 5.91 Å². The summed E-state index contributed by atoms with van der Waals surface area (Å²) in [5, 5.41) is 2.93. The molecule has 0 atom stereocenters. The summed E-state index contributed by atoms with van der Waals surface area (Å²) in [4.78, 5) is 12.6. The topological polar surface area (TPSA) is 47.6 Å². The number of anilines is 1. The van der Waals surface area contributed by atoms with E-state index in [0.29, 0.717) is 30.2 Å². The smallest absolute Gasteiger partial charge is 0.255 e. The summed E-state index contributed by atoms with van der Waals surface area (Å²) in [5.74, 6) is 1.29. The fraction of sp³-hybridized carbons (Fsp3) is 0.269. The molecule has 1 amide bonds. The first kappa shape index (κ1) is 21.4. The number of benzene rings is 3. The van der Waals surface area contributed by atoms with Gasteiger partial charge in [-0.2, -0.15) is 0 Å². The summed E-state index contributed by atoms with van der Waals surface area (Å²) < 4.78 is 11.6. The van der Waals surface area contributed by atoms with E-state index in [9.17, 15) is 4.79 Å². The highest BCUT2D eigenvalue weighted by Crippen LogP contribution is 2.20. The van der Waals surface area contributed by atoms with E-state index >= 15 is 0 Å². The Hall–Kier alpha value is -3.27. The van der Waals surface area contributed by atoms with Crippen molar-refractivity contribution >= 4 is 11.6 Å². The minimum absolute atomic E-state index is 0.169. The number of carbonyl (C=O) groups is 1. The highest BCUT2D eigenvalue weighted by molar-refractivity contribution is 6.04. The fourth-order valence-corrected chi connectivity index (χ4v) is 3.04. The van der Waals surface area contributed by atoms with Gasteiger partial charge < -0.3 is 14.8 Å². The molecule has 1 N–H and O–H groups in total. The molecule has 0 saturated heterocycles. The fourth-order valence-electron chi connectivity index (χ4n) is 3.04. The molecule has 0 unspecified atom stereocenters. The van der Waals surface area contributed by atoms with Gasteiger partial charge in [0.1, 0.15) is 11.5 Å². The lowest BCUT2D eigenvalue weighted by molar-refractivity contribution is 0.102. The van der Waals surface area contributed by atoms with Gasteiger partial charge in [0.15, 0.2) is 0 Å². The number of rotatable bonds is 11. The van der Waals surface area contributed by atoms with E-state index in [1.54, 1.807) is 12.1 Å². The van der Waals surface area contributed by atoms with Crippen LogP contribution in [0.1, 0.15) is 42.1 Å². The van der Waals surface area contributed by atoms with E-state index in [1.807, 2.05) is 42.5 Å². The van der Waals surface area contributed by atoms with E-state index in [1.165, 1.54) is 5.56 Å². The SMILES string of the molecule is CCCCOc1cccc(C(=O)Nc2cccc(OCCCc3ccccc3)c2)c1. The van der Waals surface area contributed by atoms with E-state index in [2.05, 4.69) is 36.5 Å². The molecule has 0 fully saturated rings. The normalized spacial score (nSPS) is 10.4. The zero-order valence-electron chi connectivity index (χ0n) is 17.5. The van der Waals surface area contributed by atoms with Gasteiger partial charge in [-0.1, -0.05) is 55.8 Å². The maximum Gasteiger partial charge on any atom is 0.255 e.